The summed E-state index contributed by atoms with van der Waals surface area (Å²) in [5.41, 5.74) is 0.705. The maximum atomic E-state index is 14.0. The third-order valence-corrected chi connectivity index (χ3v) is 9.90. The van der Waals surface area contributed by atoms with Gasteiger partial charge in [-0.05, 0) is 57.1 Å². The number of amides is 1. The van der Waals surface area contributed by atoms with Crippen LogP contribution in [0.3, 0.4) is 0 Å². The van der Waals surface area contributed by atoms with Crippen molar-refractivity contribution in [1.29, 1.82) is 0 Å². The van der Waals surface area contributed by atoms with Gasteiger partial charge < -0.3 is 14.8 Å². The van der Waals surface area contributed by atoms with Crippen LogP contribution in [-0.4, -0.2) is 51.2 Å². The summed E-state index contributed by atoms with van der Waals surface area (Å²) in [5.74, 6) is -0.404. The molecule has 5 aromatic rings. The molecule has 0 bridgehead atoms. The molecule has 0 radical (unpaired) electrons. The van der Waals surface area contributed by atoms with Gasteiger partial charge in [0.15, 0.2) is 0 Å². The number of para-hydroxylation sites is 1. The lowest BCUT2D eigenvalue weighted by Gasteiger charge is -2.21. The normalized spacial score (nSPS) is 12.1. The first-order valence-corrected chi connectivity index (χ1v) is 19.8. The topological polar surface area (TPSA) is 109 Å². The number of pyridine rings is 1. The summed E-state index contributed by atoms with van der Waals surface area (Å²) in [5, 5.41) is 7.99. The largest absolute Gasteiger partial charge is 0.443 e. The minimum atomic E-state index is -1.36. The molecule has 0 saturated carbocycles. The number of nitrogens with zero attached hydrogens (tertiary/aromatic N) is 4. The van der Waals surface area contributed by atoms with E-state index in [2.05, 4.69) is 30.1 Å². The van der Waals surface area contributed by atoms with Gasteiger partial charge in [0.1, 0.15) is 12.3 Å². The summed E-state index contributed by atoms with van der Waals surface area (Å²) in [6.45, 7) is 13.1. The fourth-order valence-electron chi connectivity index (χ4n) is 4.75. The number of ether oxygens (including phenoxy) is 2. The molecule has 0 aliphatic carbocycles. The first-order valence-electron chi connectivity index (χ1n) is 14.9. The Morgan fingerprint density at radius 2 is 1.83 bits per heavy atom. The lowest BCUT2D eigenvalue weighted by Crippen LogP contribution is -2.29. The van der Waals surface area contributed by atoms with Gasteiger partial charge in [-0.15, -0.1) is 11.3 Å². The number of carbonyl (C=O) groups is 2. The van der Waals surface area contributed by atoms with Crippen LogP contribution in [0.15, 0.2) is 71.9 Å². The van der Waals surface area contributed by atoms with Crippen LogP contribution >= 0.6 is 22.9 Å². The molecule has 13 heteroatoms. The molecule has 0 saturated heterocycles. The van der Waals surface area contributed by atoms with Crippen LogP contribution in [0.5, 0.6) is 0 Å². The second kappa shape index (κ2) is 13.4. The molecule has 0 atom stereocenters. The third kappa shape index (κ3) is 8.24. The molecular weight excluding hydrogens is 642 g/mol. The molecule has 1 amide bonds. The van der Waals surface area contributed by atoms with Crippen molar-refractivity contribution in [3.8, 4) is 11.3 Å². The molecule has 0 fully saturated rings. The van der Waals surface area contributed by atoms with Gasteiger partial charge in [-0.1, -0.05) is 49.4 Å². The molecule has 10 nitrogen and oxygen atoms in total. The van der Waals surface area contributed by atoms with Crippen molar-refractivity contribution in [3.05, 3.63) is 92.3 Å². The molecule has 46 heavy (non-hydrogen) atoms. The first-order chi connectivity index (χ1) is 21.7. The fraction of sp³-hybridized carbons (Fsp3) is 0.333. The zero-order valence-electron chi connectivity index (χ0n) is 26.8. The lowest BCUT2D eigenvalue weighted by atomic mass is 10.1. The van der Waals surface area contributed by atoms with Crippen LogP contribution in [-0.2, 0) is 22.7 Å². The molecule has 4 heterocycles. The van der Waals surface area contributed by atoms with Crippen LogP contribution < -0.4 is 10.9 Å². The molecule has 0 spiro atoms. The van der Waals surface area contributed by atoms with E-state index < -0.39 is 25.7 Å². The Morgan fingerprint density at radius 1 is 1.07 bits per heavy atom. The Hall–Kier alpha value is -3.97. The van der Waals surface area contributed by atoms with Crippen molar-refractivity contribution in [1.82, 2.24) is 18.9 Å². The first kappa shape index (κ1) is 33.4. The smallest absolute Gasteiger partial charge is 0.419 e. The van der Waals surface area contributed by atoms with Gasteiger partial charge in [-0.25, -0.2) is 9.36 Å². The van der Waals surface area contributed by atoms with Crippen LogP contribution in [0, 0.1) is 0 Å². The van der Waals surface area contributed by atoms with Crippen molar-refractivity contribution in [3.63, 3.8) is 0 Å². The van der Waals surface area contributed by atoms with Crippen LogP contribution in [0.4, 0.5) is 10.5 Å². The number of hydrogen-bond donors (Lipinski definition) is 1. The Kier molecular flexibility index (Phi) is 9.73. The fourth-order valence-corrected chi connectivity index (χ4v) is 6.59. The van der Waals surface area contributed by atoms with Gasteiger partial charge >= 0.3 is 6.09 Å². The number of thiophene rings is 1. The Labute approximate surface area is 277 Å². The van der Waals surface area contributed by atoms with Crippen molar-refractivity contribution < 1.29 is 19.1 Å². The van der Waals surface area contributed by atoms with E-state index in [0.717, 1.165) is 16.3 Å². The predicted molar refractivity (Wildman–Crippen MR) is 186 cm³/mol. The minimum absolute atomic E-state index is 0.0198. The van der Waals surface area contributed by atoms with Crippen molar-refractivity contribution >= 4 is 59.6 Å². The SMILES string of the molecule is CC(C)(C)OC(=O)n1c(-c2cc(NC(=O)c3cnn(Cc4ccc(Cl)s4)c3)cn(COCC[Si](C)(C)C)c2=O)cc2ccccc21. The van der Waals surface area contributed by atoms with E-state index in [4.69, 9.17) is 21.1 Å². The zero-order valence-corrected chi connectivity index (χ0v) is 29.4. The summed E-state index contributed by atoms with van der Waals surface area (Å²) >= 11 is 7.51. The van der Waals surface area contributed by atoms with Gasteiger partial charge in [-0.3, -0.25) is 18.8 Å². The average Bonchev–Trinajstić information content (AvgIpc) is 3.69. The average molecular weight is 680 g/mol. The molecule has 1 aromatic carbocycles. The molecule has 0 aliphatic heterocycles. The highest BCUT2D eigenvalue weighted by Crippen LogP contribution is 2.29. The van der Waals surface area contributed by atoms with E-state index in [0.29, 0.717) is 39.9 Å². The van der Waals surface area contributed by atoms with Gasteiger partial charge in [-0.2, -0.15) is 5.10 Å². The third-order valence-electron chi connectivity index (χ3n) is 6.98. The van der Waals surface area contributed by atoms with Crippen LogP contribution in [0.25, 0.3) is 22.2 Å². The monoisotopic (exact) mass is 679 g/mol. The minimum Gasteiger partial charge on any atom is -0.443 e. The van der Waals surface area contributed by atoms with Crippen molar-refractivity contribution in [2.45, 2.75) is 65.3 Å². The summed E-state index contributed by atoms with van der Waals surface area (Å²) in [7, 11) is -1.36. The van der Waals surface area contributed by atoms with Gasteiger partial charge in [0, 0.05) is 37.3 Å². The number of fused-ring (bicyclic) bond motifs is 1. The van der Waals surface area contributed by atoms with E-state index >= 15 is 0 Å². The summed E-state index contributed by atoms with van der Waals surface area (Å²) in [6.07, 6.45) is 4.08. The number of nitrogens with one attached hydrogen (secondary N) is 1. The molecule has 1 N–H and O–H groups in total. The lowest BCUT2D eigenvalue weighted by molar-refractivity contribution is 0.0547. The highest BCUT2D eigenvalue weighted by Gasteiger charge is 2.25. The number of aromatic nitrogens is 4. The van der Waals surface area contributed by atoms with E-state index in [1.165, 1.54) is 26.7 Å². The van der Waals surface area contributed by atoms with Crippen LogP contribution in [0.1, 0.15) is 36.0 Å². The standard InChI is InChI=1S/C33H38ClN5O5SSi/c1-33(2,3)44-32(42)39-27-10-8-7-9-22(27)15-28(39)26-16-24(19-37(31(26)41)21-43-13-14-46(4,5)6)36-30(40)23-17-35-38(18-23)20-25-11-12-29(34)45-25/h7-12,15-19H,13-14,20-21H2,1-6H3,(H,36,40). The molecule has 0 aliphatic rings. The molecule has 0 unspecified atom stereocenters. The molecule has 5 rings (SSSR count). The van der Waals surface area contributed by atoms with Crippen molar-refractivity contribution in [2.24, 2.45) is 0 Å². The van der Waals surface area contributed by atoms with Gasteiger partial charge in [0.2, 0.25) is 0 Å². The molecule has 242 valence electrons. The van der Waals surface area contributed by atoms with E-state index in [1.54, 1.807) is 56.0 Å². The van der Waals surface area contributed by atoms with E-state index in [-0.39, 0.29) is 17.9 Å². The Bertz CT molecular complexity index is 1950. The summed E-state index contributed by atoms with van der Waals surface area (Å²) in [6, 6.07) is 15.4. The molecule has 4 aromatic heterocycles. The highest BCUT2D eigenvalue weighted by molar-refractivity contribution is 7.16. The Balaban J connectivity index is 1.52. The number of halogens is 1. The number of anilines is 1. The zero-order chi connectivity index (χ0) is 33.2. The second-order valence-electron chi connectivity index (χ2n) is 13.3. The predicted octanol–water partition coefficient (Wildman–Crippen LogP) is 7.78. The quantitative estimate of drug-likeness (QED) is 0.119. The number of benzene rings is 1. The number of hydrogen-bond acceptors (Lipinski definition) is 7. The number of rotatable bonds is 10. The van der Waals surface area contributed by atoms with Gasteiger partial charge in [0.25, 0.3) is 11.5 Å². The van der Waals surface area contributed by atoms with Gasteiger partial charge in [0.05, 0.1) is 45.1 Å². The summed E-state index contributed by atoms with van der Waals surface area (Å²) < 4.78 is 16.8. The van der Waals surface area contributed by atoms with Crippen molar-refractivity contribution in [2.75, 3.05) is 11.9 Å². The number of carbonyl (C=O) groups excluding carboxylic acids is 2. The Morgan fingerprint density at radius 3 is 2.52 bits per heavy atom. The van der Waals surface area contributed by atoms with Crippen LogP contribution in [0.2, 0.25) is 30.0 Å². The van der Waals surface area contributed by atoms with E-state index in [9.17, 15) is 14.4 Å². The van der Waals surface area contributed by atoms with E-state index in [1.807, 2.05) is 30.3 Å². The second-order valence-corrected chi connectivity index (χ2v) is 20.7. The maximum absolute atomic E-state index is 14.0. The maximum Gasteiger partial charge on any atom is 0.419 e. The summed E-state index contributed by atoms with van der Waals surface area (Å²) in [4.78, 5) is 41.9. The molecular formula is C33H38ClN5O5SSi. The highest BCUT2D eigenvalue weighted by atomic mass is 35.5.